The summed E-state index contributed by atoms with van der Waals surface area (Å²) >= 11 is 1.43. The molecule has 3 aromatic rings. The van der Waals surface area contributed by atoms with Crippen molar-refractivity contribution in [3.8, 4) is 17.0 Å². The third-order valence-corrected chi connectivity index (χ3v) is 5.14. The molecule has 3 rings (SSSR count). The minimum absolute atomic E-state index is 0.0542. The molecular formula is C23H26N2O2S. The number of nitrogens with one attached hydrogen (secondary N) is 1. The van der Waals surface area contributed by atoms with E-state index < -0.39 is 0 Å². The molecule has 0 fully saturated rings. The minimum atomic E-state index is -0.0542. The van der Waals surface area contributed by atoms with E-state index in [9.17, 15) is 4.79 Å². The van der Waals surface area contributed by atoms with Crippen molar-refractivity contribution in [2.75, 3.05) is 11.9 Å². The number of thiazole rings is 1. The topological polar surface area (TPSA) is 51.2 Å². The molecule has 4 nitrogen and oxygen atoms in total. The van der Waals surface area contributed by atoms with Crippen molar-refractivity contribution < 1.29 is 9.53 Å². The van der Waals surface area contributed by atoms with Crippen molar-refractivity contribution in [2.45, 2.75) is 39.5 Å². The number of hydrogen-bond acceptors (Lipinski definition) is 4. The van der Waals surface area contributed by atoms with E-state index >= 15 is 0 Å². The Morgan fingerprint density at radius 2 is 1.82 bits per heavy atom. The standard InChI is InChI=1S/C23H26N2O2S/c1-4-13-27-20-11-9-19(10-12-20)21-15-28-23(24-21)25-22(26)14-17-5-7-18(8-6-17)16(2)3/h5-12,15-16H,4,13-14H2,1-3H3,(H,24,25,26). The molecule has 0 aliphatic heterocycles. The molecule has 1 N–H and O–H groups in total. The van der Waals surface area contributed by atoms with Gasteiger partial charge in [0.1, 0.15) is 5.75 Å². The van der Waals surface area contributed by atoms with Crippen LogP contribution < -0.4 is 10.1 Å². The van der Waals surface area contributed by atoms with E-state index in [0.29, 0.717) is 24.1 Å². The van der Waals surface area contributed by atoms with E-state index in [2.05, 4.69) is 43.2 Å². The second-order valence-corrected chi connectivity index (χ2v) is 7.89. The summed E-state index contributed by atoms with van der Waals surface area (Å²) in [5.41, 5.74) is 4.13. The molecule has 0 aliphatic rings. The molecule has 0 radical (unpaired) electrons. The van der Waals surface area contributed by atoms with Crippen LogP contribution in [0.25, 0.3) is 11.3 Å². The first-order valence-corrected chi connectivity index (χ1v) is 10.5. The van der Waals surface area contributed by atoms with Gasteiger partial charge in [0.25, 0.3) is 0 Å². The molecule has 0 saturated heterocycles. The second-order valence-electron chi connectivity index (χ2n) is 7.03. The number of amides is 1. The first-order valence-electron chi connectivity index (χ1n) is 9.62. The maximum absolute atomic E-state index is 12.3. The Balaban J connectivity index is 1.58. The third kappa shape index (κ3) is 5.42. The quantitative estimate of drug-likeness (QED) is 0.517. The lowest BCUT2D eigenvalue weighted by Gasteiger charge is -2.07. The number of benzene rings is 2. The summed E-state index contributed by atoms with van der Waals surface area (Å²) in [4.78, 5) is 16.9. The number of rotatable bonds is 8. The Morgan fingerprint density at radius 3 is 2.46 bits per heavy atom. The van der Waals surface area contributed by atoms with Crippen LogP contribution in [0.15, 0.2) is 53.9 Å². The summed E-state index contributed by atoms with van der Waals surface area (Å²) in [5, 5.41) is 5.47. The zero-order valence-electron chi connectivity index (χ0n) is 16.6. The monoisotopic (exact) mass is 394 g/mol. The highest BCUT2D eigenvalue weighted by Crippen LogP contribution is 2.26. The number of hydrogen-bond donors (Lipinski definition) is 1. The number of ether oxygens (including phenoxy) is 1. The van der Waals surface area contributed by atoms with Crippen LogP contribution in [0.3, 0.4) is 0 Å². The fourth-order valence-electron chi connectivity index (χ4n) is 2.77. The summed E-state index contributed by atoms with van der Waals surface area (Å²) in [6.07, 6.45) is 1.33. The Labute approximate surface area is 170 Å². The minimum Gasteiger partial charge on any atom is -0.494 e. The number of anilines is 1. The van der Waals surface area contributed by atoms with Gasteiger partial charge < -0.3 is 10.1 Å². The lowest BCUT2D eigenvalue weighted by molar-refractivity contribution is -0.115. The molecular weight excluding hydrogens is 368 g/mol. The molecule has 0 atom stereocenters. The van der Waals surface area contributed by atoms with Crippen LogP contribution in [0.2, 0.25) is 0 Å². The van der Waals surface area contributed by atoms with Gasteiger partial charge >= 0.3 is 0 Å². The van der Waals surface area contributed by atoms with Gasteiger partial charge in [-0.2, -0.15) is 0 Å². The zero-order chi connectivity index (χ0) is 19.9. The van der Waals surface area contributed by atoms with E-state index in [1.165, 1.54) is 16.9 Å². The molecule has 2 aromatic carbocycles. The van der Waals surface area contributed by atoms with Gasteiger partial charge in [0.05, 0.1) is 18.7 Å². The summed E-state index contributed by atoms with van der Waals surface area (Å²) in [6, 6.07) is 16.1. The second kappa shape index (κ2) is 9.51. The predicted octanol–water partition coefficient (Wildman–Crippen LogP) is 5.90. The molecule has 0 aliphatic carbocycles. The molecule has 5 heteroatoms. The predicted molar refractivity (Wildman–Crippen MR) is 116 cm³/mol. The van der Waals surface area contributed by atoms with Crippen LogP contribution in [0, 0.1) is 0 Å². The van der Waals surface area contributed by atoms with Gasteiger partial charge in [-0.15, -0.1) is 11.3 Å². The van der Waals surface area contributed by atoms with Gasteiger partial charge in [0, 0.05) is 10.9 Å². The normalized spacial score (nSPS) is 10.9. The molecule has 0 saturated carbocycles. The van der Waals surface area contributed by atoms with Gasteiger partial charge in [-0.3, -0.25) is 4.79 Å². The van der Waals surface area contributed by atoms with Gasteiger partial charge in [-0.1, -0.05) is 45.0 Å². The van der Waals surface area contributed by atoms with E-state index in [1.807, 2.05) is 41.8 Å². The molecule has 0 unspecified atom stereocenters. The Bertz CT molecular complexity index is 899. The summed E-state index contributed by atoms with van der Waals surface area (Å²) in [7, 11) is 0. The van der Waals surface area contributed by atoms with Crippen molar-refractivity contribution in [1.29, 1.82) is 0 Å². The highest BCUT2D eigenvalue weighted by atomic mass is 32.1. The Kier molecular flexibility index (Phi) is 6.82. The molecule has 0 spiro atoms. The zero-order valence-corrected chi connectivity index (χ0v) is 17.4. The SMILES string of the molecule is CCCOc1ccc(-c2csc(NC(=O)Cc3ccc(C(C)C)cc3)n2)cc1. The van der Waals surface area contributed by atoms with E-state index in [0.717, 1.165) is 29.0 Å². The van der Waals surface area contributed by atoms with Crippen molar-refractivity contribution >= 4 is 22.4 Å². The van der Waals surface area contributed by atoms with Gasteiger partial charge in [0.15, 0.2) is 5.13 Å². The number of nitrogens with zero attached hydrogens (tertiary/aromatic N) is 1. The lowest BCUT2D eigenvalue weighted by atomic mass is 10.0. The van der Waals surface area contributed by atoms with Crippen LogP contribution in [0.4, 0.5) is 5.13 Å². The summed E-state index contributed by atoms with van der Waals surface area (Å²) in [5.74, 6) is 1.29. The van der Waals surface area contributed by atoms with Crippen molar-refractivity contribution in [3.63, 3.8) is 0 Å². The largest absolute Gasteiger partial charge is 0.494 e. The average Bonchev–Trinajstić information content (AvgIpc) is 3.15. The molecule has 1 aromatic heterocycles. The molecule has 1 heterocycles. The third-order valence-electron chi connectivity index (χ3n) is 4.38. The van der Waals surface area contributed by atoms with Crippen LogP contribution in [0.1, 0.15) is 44.2 Å². The molecule has 146 valence electrons. The van der Waals surface area contributed by atoms with Crippen molar-refractivity contribution in [3.05, 3.63) is 65.0 Å². The van der Waals surface area contributed by atoms with Gasteiger partial charge in [-0.25, -0.2) is 4.98 Å². The average molecular weight is 395 g/mol. The van der Waals surface area contributed by atoms with Crippen molar-refractivity contribution in [1.82, 2.24) is 4.98 Å². The first-order chi connectivity index (χ1) is 13.5. The highest BCUT2D eigenvalue weighted by molar-refractivity contribution is 7.14. The van der Waals surface area contributed by atoms with Crippen LogP contribution in [-0.2, 0) is 11.2 Å². The number of aromatic nitrogens is 1. The van der Waals surface area contributed by atoms with E-state index in [-0.39, 0.29) is 5.91 Å². The maximum Gasteiger partial charge on any atom is 0.230 e. The first kappa shape index (κ1) is 20.1. The summed E-state index contributed by atoms with van der Waals surface area (Å²) in [6.45, 7) is 7.12. The van der Waals surface area contributed by atoms with E-state index in [4.69, 9.17) is 4.74 Å². The summed E-state index contributed by atoms with van der Waals surface area (Å²) < 4.78 is 5.61. The van der Waals surface area contributed by atoms with Crippen molar-refractivity contribution in [2.24, 2.45) is 0 Å². The Hall–Kier alpha value is -2.66. The highest BCUT2D eigenvalue weighted by Gasteiger charge is 2.10. The van der Waals surface area contributed by atoms with Crippen LogP contribution >= 0.6 is 11.3 Å². The maximum atomic E-state index is 12.3. The smallest absolute Gasteiger partial charge is 0.230 e. The van der Waals surface area contributed by atoms with Crippen LogP contribution in [0.5, 0.6) is 5.75 Å². The number of carbonyl (C=O) groups excluding carboxylic acids is 1. The van der Waals surface area contributed by atoms with Gasteiger partial charge in [-0.05, 0) is 47.7 Å². The molecule has 28 heavy (non-hydrogen) atoms. The van der Waals surface area contributed by atoms with E-state index in [1.54, 1.807) is 0 Å². The van der Waals surface area contributed by atoms with Gasteiger partial charge in [0.2, 0.25) is 5.91 Å². The number of carbonyl (C=O) groups is 1. The van der Waals surface area contributed by atoms with Crippen LogP contribution in [-0.4, -0.2) is 17.5 Å². The molecule has 0 bridgehead atoms. The fraction of sp³-hybridized carbons (Fsp3) is 0.304. The Morgan fingerprint density at radius 1 is 1.11 bits per heavy atom. The lowest BCUT2D eigenvalue weighted by Crippen LogP contribution is -2.14. The molecule has 1 amide bonds. The fourth-order valence-corrected chi connectivity index (χ4v) is 3.51.